The molecule has 2 aliphatic heterocycles. The summed E-state index contributed by atoms with van der Waals surface area (Å²) in [6.07, 6.45) is -0.488. The lowest BCUT2D eigenvalue weighted by molar-refractivity contribution is -0.230. The standard InChI is InChI=1S/C21H25Br4N3O7/c1-32-17-13(24)7-21(34-9-14(17)25)19(30)16(28-35-21)20(31)27-3-2-4-33-18-11(22)5-10(6-12(18)23)15(29)8-26/h5-6,9,13,15,17,19,29-30H,2-4,7-8,26H2,1H3,(H,27,31). The normalized spacial score (nSPS) is 26.8. The van der Waals surface area contributed by atoms with Crippen molar-refractivity contribution in [1.29, 1.82) is 0 Å². The smallest absolute Gasteiger partial charge is 0.307 e. The SMILES string of the molecule is COC1C(Br)=COC2(CC1Br)ON=C(C(=O)NCCCOc1c(Br)cc(C(O)CN)cc1Br)C2O. The van der Waals surface area contributed by atoms with Crippen LogP contribution in [-0.4, -0.2) is 71.5 Å². The molecular weight excluding hydrogens is 726 g/mol. The highest BCUT2D eigenvalue weighted by Gasteiger charge is 2.55. The van der Waals surface area contributed by atoms with E-state index in [1.807, 2.05) is 0 Å². The quantitative estimate of drug-likeness (QED) is 0.223. The van der Waals surface area contributed by atoms with Crippen molar-refractivity contribution in [2.45, 2.75) is 41.8 Å². The summed E-state index contributed by atoms with van der Waals surface area (Å²) >= 11 is 13.8. The molecule has 2 aliphatic rings. The second-order valence-corrected chi connectivity index (χ2v) is 11.6. The zero-order valence-electron chi connectivity index (χ0n) is 18.5. The minimum Gasteiger partial charge on any atom is -0.491 e. The number of carbonyl (C=O) groups excluding carboxylic acids is 1. The van der Waals surface area contributed by atoms with Gasteiger partial charge in [0, 0.05) is 26.6 Å². The van der Waals surface area contributed by atoms with Crippen LogP contribution in [0.4, 0.5) is 0 Å². The second-order valence-electron chi connectivity index (χ2n) is 7.80. The number of aliphatic hydroxyl groups is 2. The minimum atomic E-state index is -1.54. The number of oxime groups is 1. The molecule has 1 aromatic rings. The number of amides is 1. The van der Waals surface area contributed by atoms with Crippen molar-refractivity contribution in [1.82, 2.24) is 5.32 Å². The van der Waals surface area contributed by atoms with E-state index in [9.17, 15) is 15.0 Å². The summed E-state index contributed by atoms with van der Waals surface area (Å²) in [6, 6.07) is 3.48. The molecule has 194 valence electrons. The molecule has 1 spiro atoms. The number of halogens is 4. The highest BCUT2D eigenvalue weighted by Crippen LogP contribution is 2.40. The van der Waals surface area contributed by atoms with E-state index < -0.39 is 23.9 Å². The molecule has 5 N–H and O–H groups in total. The Bertz CT molecular complexity index is 973. The highest BCUT2D eigenvalue weighted by molar-refractivity contribution is 9.12. The van der Waals surface area contributed by atoms with Crippen LogP contribution in [0.25, 0.3) is 0 Å². The number of methoxy groups -OCH3 is 1. The molecule has 0 saturated carbocycles. The van der Waals surface area contributed by atoms with Crippen molar-refractivity contribution in [2.75, 3.05) is 26.8 Å². The Morgan fingerprint density at radius 3 is 2.69 bits per heavy atom. The number of alkyl halides is 1. The number of aliphatic hydroxyl groups excluding tert-OH is 2. The third-order valence-corrected chi connectivity index (χ3v) is 8.01. The predicted octanol–water partition coefficient (Wildman–Crippen LogP) is 2.97. The van der Waals surface area contributed by atoms with Crippen LogP contribution in [0.5, 0.6) is 5.75 Å². The molecule has 0 aromatic heterocycles. The number of nitrogens with zero attached hydrogens (tertiary/aromatic N) is 1. The number of benzene rings is 1. The van der Waals surface area contributed by atoms with Crippen molar-refractivity contribution >= 4 is 75.3 Å². The van der Waals surface area contributed by atoms with Crippen LogP contribution in [0, 0.1) is 0 Å². The van der Waals surface area contributed by atoms with Gasteiger partial charge in [-0.1, -0.05) is 21.1 Å². The molecule has 0 radical (unpaired) electrons. The van der Waals surface area contributed by atoms with E-state index in [2.05, 4.69) is 74.2 Å². The third kappa shape index (κ3) is 6.58. The fraction of sp³-hybridized carbons (Fsp3) is 0.524. The lowest BCUT2D eigenvalue weighted by atomic mass is 9.99. The number of carbonyl (C=O) groups is 1. The molecule has 0 aliphatic carbocycles. The molecule has 5 unspecified atom stereocenters. The summed E-state index contributed by atoms with van der Waals surface area (Å²) in [7, 11) is 1.55. The van der Waals surface area contributed by atoms with E-state index in [-0.39, 0.29) is 36.2 Å². The molecule has 0 saturated heterocycles. The monoisotopic (exact) mass is 747 g/mol. The largest absolute Gasteiger partial charge is 0.491 e. The number of ether oxygens (including phenoxy) is 3. The van der Waals surface area contributed by atoms with Crippen molar-refractivity contribution in [3.63, 3.8) is 0 Å². The van der Waals surface area contributed by atoms with Gasteiger partial charge in [-0.2, -0.15) is 0 Å². The molecule has 3 rings (SSSR count). The van der Waals surface area contributed by atoms with Gasteiger partial charge in [0.1, 0.15) is 18.1 Å². The predicted molar refractivity (Wildman–Crippen MR) is 142 cm³/mol. The Hall–Kier alpha value is -0.740. The number of nitrogens with two attached hydrogens (primary N) is 1. The Morgan fingerprint density at radius 1 is 1.37 bits per heavy atom. The number of hydrogen-bond donors (Lipinski definition) is 4. The number of nitrogens with one attached hydrogen (secondary N) is 1. The second kappa shape index (κ2) is 12.7. The summed E-state index contributed by atoms with van der Waals surface area (Å²) in [6.45, 7) is 0.683. The zero-order valence-corrected chi connectivity index (χ0v) is 24.9. The van der Waals surface area contributed by atoms with Gasteiger partial charge in [0.2, 0.25) is 0 Å². The van der Waals surface area contributed by atoms with Gasteiger partial charge in [-0.25, -0.2) is 0 Å². The summed E-state index contributed by atoms with van der Waals surface area (Å²) in [5, 5.41) is 27.2. The molecule has 1 amide bonds. The van der Waals surface area contributed by atoms with Crippen LogP contribution in [-0.2, 0) is 19.1 Å². The van der Waals surface area contributed by atoms with E-state index >= 15 is 0 Å². The summed E-state index contributed by atoms with van der Waals surface area (Å²) in [4.78, 5) is 17.8. The fourth-order valence-electron chi connectivity index (χ4n) is 3.50. The first-order chi connectivity index (χ1) is 16.6. The lowest BCUT2D eigenvalue weighted by Gasteiger charge is -2.29. The Morgan fingerprint density at radius 2 is 2.06 bits per heavy atom. The molecule has 10 nitrogen and oxygen atoms in total. The van der Waals surface area contributed by atoms with Gasteiger partial charge < -0.3 is 40.3 Å². The van der Waals surface area contributed by atoms with Crippen molar-refractivity contribution in [3.05, 3.63) is 37.4 Å². The molecule has 2 heterocycles. The Labute approximate surface area is 236 Å². The van der Waals surface area contributed by atoms with E-state index in [4.69, 9.17) is 24.8 Å². The van der Waals surface area contributed by atoms with Crippen LogP contribution in [0.15, 0.2) is 37.0 Å². The maximum Gasteiger partial charge on any atom is 0.307 e. The van der Waals surface area contributed by atoms with Crippen molar-refractivity contribution in [2.24, 2.45) is 10.9 Å². The first kappa shape index (κ1) is 28.8. The average Bonchev–Trinajstić information content (AvgIpc) is 3.07. The van der Waals surface area contributed by atoms with Crippen LogP contribution in [0.1, 0.15) is 24.5 Å². The molecule has 5 atom stereocenters. The summed E-state index contributed by atoms with van der Waals surface area (Å²) in [5.41, 5.74) is 5.99. The van der Waals surface area contributed by atoms with Crippen molar-refractivity contribution in [3.8, 4) is 5.75 Å². The Kier molecular flexibility index (Phi) is 10.4. The van der Waals surface area contributed by atoms with E-state index in [0.717, 1.165) is 0 Å². The first-order valence-electron chi connectivity index (χ1n) is 10.6. The van der Waals surface area contributed by atoms with Crippen LogP contribution in [0.2, 0.25) is 0 Å². The lowest BCUT2D eigenvalue weighted by Crippen LogP contribution is -2.50. The van der Waals surface area contributed by atoms with Gasteiger partial charge >= 0.3 is 5.79 Å². The zero-order chi connectivity index (χ0) is 25.8. The maximum atomic E-state index is 12.6. The fourth-order valence-corrected chi connectivity index (χ4v) is 6.86. The molecular formula is C21H25Br4N3O7. The first-order valence-corrected chi connectivity index (χ1v) is 13.9. The van der Waals surface area contributed by atoms with Gasteiger partial charge in [0.25, 0.3) is 5.91 Å². The van der Waals surface area contributed by atoms with E-state index in [0.29, 0.717) is 37.8 Å². The van der Waals surface area contributed by atoms with Gasteiger partial charge in [0.15, 0.2) is 11.8 Å². The number of rotatable bonds is 9. The molecule has 0 fully saturated rings. The molecule has 1 aromatic carbocycles. The Balaban J connectivity index is 1.50. The number of hydrogen-bond acceptors (Lipinski definition) is 9. The topological polar surface area (TPSA) is 145 Å². The summed E-state index contributed by atoms with van der Waals surface area (Å²) < 4.78 is 18.8. The summed E-state index contributed by atoms with van der Waals surface area (Å²) in [5.74, 6) is -1.54. The molecule has 14 heteroatoms. The van der Waals surface area contributed by atoms with Crippen LogP contribution < -0.4 is 15.8 Å². The third-order valence-electron chi connectivity index (χ3n) is 5.39. The average molecular weight is 751 g/mol. The highest BCUT2D eigenvalue weighted by atomic mass is 79.9. The van der Waals surface area contributed by atoms with E-state index in [1.165, 1.54) is 6.26 Å². The van der Waals surface area contributed by atoms with Crippen LogP contribution in [0.3, 0.4) is 0 Å². The van der Waals surface area contributed by atoms with Crippen molar-refractivity contribution < 1.29 is 34.1 Å². The molecule has 35 heavy (non-hydrogen) atoms. The van der Waals surface area contributed by atoms with Crippen LogP contribution >= 0.6 is 63.7 Å². The van der Waals surface area contributed by atoms with Gasteiger partial charge in [-0.05, 0) is 71.9 Å². The molecule has 0 bridgehead atoms. The minimum absolute atomic E-state index is 0.107. The van der Waals surface area contributed by atoms with Gasteiger partial charge in [0.05, 0.1) is 31.0 Å². The van der Waals surface area contributed by atoms with E-state index in [1.54, 1.807) is 19.2 Å². The van der Waals surface area contributed by atoms with Gasteiger partial charge in [-0.15, -0.1) is 0 Å². The maximum absolute atomic E-state index is 12.6. The van der Waals surface area contributed by atoms with Gasteiger partial charge in [-0.3, -0.25) is 4.79 Å².